The molecule has 0 aliphatic carbocycles. The van der Waals surface area contributed by atoms with Crippen LogP contribution in [0.15, 0.2) is 57.6 Å². The summed E-state index contributed by atoms with van der Waals surface area (Å²) < 4.78 is 32.7. The summed E-state index contributed by atoms with van der Waals surface area (Å²) in [5.41, 5.74) is -0.583. The number of nitrogens with zero attached hydrogens (tertiary/aromatic N) is 2. The average Bonchev–Trinajstić information content (AvgIpc) is 2.61. The average molecular weight is 533 g/mol. The number of phenols is 1. The number of aromatic carboxylic acids is 1. The summed E-state index contributed by atoms with van der Waals surface area (Å²) >= 11 is 6.00. The zero-order valence-electron chi connectivity index (χ0n) is 16.0. The molecule has 0 atom stereocenters. The second-order valence-corrected chi connectivity index (χ2v) is 7.67. The van der Waals surface area contributed by atoms with Gasteiger partial charge >= 0.3 is 1.43 Å². The summed E-state index contributed by atoms with van der Waals surface area (Å²) in [4.78, 5) is 10.8. The molecule has 0 bridgehead atoms. The normalized spacial score (nSPS) is 11.6. The number of aryl methyl sites for hydroxylation is 1. The molecule has 3 aromatic rings. The number of fused-ring (bicyclic) bond motifs is 1. The van der Waals surface area contributed by atoms with Gasteiger partial charge in [0.1, 0.15) is 16.3 Å². The van der Waals surface area contributed by atoms with Crippen molar-refractivity contribution in [1.29, 1.82) is 0 Å². The van der Waals surface area contributed by atoms with Crippen LogP contribution in [-0.4, -0.2) is 24.0 Å². The molecule has 29 heavy (non-hydrogen) atoms. The van der Waals surface area contributed by atoms with Crippen molar-refractivity contribution in [1.82, 2.24) is 0 Å². The van der Waals surface area contributed by atoms with Crippen molar-refractivity contribution in [2.75, 3.05) is 0 Å². The molecule has 0 fully saturated rings. The molecule has 0 spiro atoms. The molecule has 0 saturated carbocycles. The van der Waals surface area contributed by atoms with Crippen molar-refractivity contribution >= 4 is 49.8 Å². The van der Waals surface area contributed by atoms with Gasteiger partial charge in [-0.25, -0.2) is 0 Å². The molecular formula is C18H13CdClN2O6S. The van der Waals surface area contributed by atoms with Gasteiger partial charge in [-0.05, 0) is 36.1 Å². The zero-order chi connectivity index (χ0) is 20.6. The quantitative estimate of drug-likeness (QED) is 0.298. The first-order valence-electron chi connectivity index (χ1n) is 7.75. The Balaban J connectivity index is 0.00000225. The van der Waals surface area contributed by atoms with Gasteiger partial charge in [0.05, 0.1) is 5.97 Å². The van der Waals surface area contributed by atoms with Crippen LogP contribution in [-0.2, 0) is 37.4 Å². The third-order valence-corrected chi connectivity index (χ3v) is 5.28. The van der Waals surface area contributed by atoms with E-state index in [1.165, 1.54) is 12.1 Å². The molecule has 3 rings (SSSR count). The first-order valence-corrected chi connectivity index (χ1v) is 9.57. The van der Waals surface area contributed by atoms with E-state index in [1.807, 2.05) is 0 Å². The fourth-order valence-corrected chi connectivity index (χ4v) is 3.46. The fourth-order valence-electron chi connectivity index (χ4n) is 2.61. The standard InChI is InChI=1S/C18H13ClN2O6S.Cd/c1-9-6-15(28(25,26)27)14(8-13(9)19)20-21-16-11-5-3-2-4-10(11)7-12(17(16)22)18(23)24;/h2-8,22H,1H3,(H,23,24)(H,25,26,27);. The summed E-state index contributed by atoms with van der Waals surface area (Å²) in [6, 6.07) is 10.0. The molecule has 8 nitrogen and oxygen atoms in total. The van der Waals surface area contributed by atoms with Gasteiger partial charge in [-0.15, -0.1) is 10.2 Å². The molecule has 11 heteroatoms. The Morgan fingerprint density at radius 1 is 1.17 bits per heavy atom. The molecule has 0 radical (unpaired) electrons. The van der Waals surface area contributed by atoms with Crippen LogP contribution in [0.3, 0.4) is 0 Å². The smallest absolute Gasteiger partial charge is 0.545 e. The predicted octanol–water partition coefficient (Wildman–Crippen LogP) is 3.64. The number of benzene rings is 3. The Labute approximate surface area is 192 Å². The maximum atomic E-state index is 11.6. The second-order valence-electron chi connectivity index (χ2n) is 5.87. The number of rotatable bonds is 4. The van der Waals surface area contributed by atoms with Crippen molar-refractivity contribution in [3.63, 3.8) is 0 Å². The molecule has 0 unspecified atom stereocenters. The van der Waals surface area contributed by atoms with Crippen LogP contribution in [0.2, 0.25) is 5.02 Å². The summed E-state index contributed by atoms with van der Waals surface area (Å²) in [6.45, 7) is 1.54. The largest absolute Gasteiger partial charge is 1.00 e. The van der Waals surface area contributed by atoms with Crippen LogP contribution in [0.25, 0.3) is 10.8 Å². The van der Waals surface area contributed by atoms with Crippen LogP contribution in [0.1, 0.15) is 17.3 Å². The summed E-state index contributed by atoms with van der Waals surface area (Å²) in [6.07, 6.45) is 0. The third-order valence-electron chi connectivity index (χ3n) is 3.99. The molecule has 0 saturated heterocycles. The molecule has 0 aliphatic rings. The SMILES string of the molecule is Cc1cc(S(=O)(=O)O)c(N=Nc2c(O)c(C(=O)[O-])cc3ccccc23)cc1Cl.[Cd].[H+]. The Morgan fingerprint density at radius 3 is 2.45 bits per heavy atom. The second kappa shape index (κ2) is 8.73. The van der Waals surface area contributed by atoms with Crippen molar-refractivity contribution in [2.24, 2.45) is 10.2 Å². The molecule has 0 heterocycles. The van der Waals surface area contributed by atoms with Crippen molar-refractivity contribution in [3.8, 4) is 5.75 Å². The number of hydrogen-bond donors (Lipinski definition) is 2. The van der Waals surface area contributed by atoms with E-state index in [4.69, 9.17) is 11.6 Å². The number of azo groups is 1. The number of carboxylic acids is 1. The monoisotopic (exact) mass is 534 g/mol. The van der Waals surface area contributed by atoms with Gasteiger partial charge in [0, 0.05) is 43.3 Å². The van der Waals surface area contributed by atoms with Crippen molar-refractivity contribution in [2.45, 2.75) is 11.8 Å². The molecular weight excluding hydrogens is 520 g/mol. The van der Waals surface area contributed by atoms with E-state index in [1.54, 1.807) is 31.2 Å². The minimum absolute atomic E-state index is 0. The van der Waals surface area contributed by atoms with E-state index in [-0.39, 0.29) is 45.1 Å². The number of carbonyl (C=O) groups excluding carboxylic acids is 1. The predicted molar refractivity (Wildman–Crippen MR) is 101 cm³/mol. The van der Waals surface area contributed by atoms with Gasteiger partial charge in [-0.2, -0.15) is 8.42 Å². The van der Waals surface area contributed by atoms with Gasteiger partial charge in [0.15, 0.2) is 5.75 Å². The van der Waals surface area contributed by atoms with Crippen LogP contribution in [0, 0.1) is 6.92 Å². The molecule has 146 valence electrons. The van der Waals surface area contributed by atoms with Crippen molar-refractivity contribution < 1.29 is 56.7 Å². The maximum Gasteiger partial charge on any atom is 1.00 e. The van der Waals surface area contributed by atoms with Gasteiger partial charge in [-0.3, -0.25) is 4.55 Å². The topological polar surface area (TPSA) is 139 Å². The number of aromatic hydroxyl groups is 1. The van der Waals surface area contributed by atoms with E-state index in [9.17, 15) is 28.0 Å². The summed E-state index contributed by atoms with van der Waals surface area (Å²) in [5, 5.41) is 30.2. The molecule has 0 aromatic heterocycles. The van der Waals surface area contributed by atoms with Gasteiger partial charge < -0.3 is 15.0 Å². The summed E-state index contributed by atoms with van der Waals surface area (Å²) in [7, 11) is -4.63. The number of halogens is 1. The van der Waals surface area contributed by atoms with Gasteiger partial charge in [0.2, 0.25) is 0 Å². The summed E-state index contributed by atoms with van der Waals surface area (Å²) in [5.74, 6) is -2.30. The minimum atomic E-state index is -4.63. The Bertz CT molecular complexity index is 1270. The van der Waals surface area contributed by atoms with Gasteiger partial charge in [-0.1, -0.05) is 35.9 Å². The van der Waals surface area contributed by atoms with E-state index < -0.39 is 32.3 Å². The van der Waals surface area contributed by atoms with Crippen LogP contribution >= 0.6 is 11.6 Å². The minimum Gasteiger partial charge on any atom is -0.545 e. The van der Waals surface area contributed by atoms with E-state index in [2.05, 4.69) is 10.2 Å². The molecule has 0 amide bonds. The molecule has 3 aromatic carbocycles. The van der Waals surface area contributed by atoms with Crippen molar-refractivity contribution in [3.05, 3.63) is 58.6 Å². The fraction of sp³-hybridized carbons (Fsp3) is 0.0556. The zero-order valence-corrected chi connectivity index (χ0v) is 20.6. The van der Waals surface area contributed by atoms with Gasteiger partial charge in [0.25, 0.3) is 10.1 Å². The molecule has 0 aliphatic heterocycles. The third kappa shape index (κ3) is 4.74. The first kappa shape index (κ1) is 23.2. The Kier molecular flexibility index (Phi) is 6.98. The Hall–Kier alpha value is -2.09. The first-order chi connectivity index (χ1) is 13.1. The number of carbonyl (C=O) groups is 1. The maximum absolute atomic E-state index is 11.6. The van der Waals surface area contributed by atoms with E-state index in [0.29, 0.717) is 16.3 Å². The molecule has 2 N–H and O–H groups in total. The number of hydrogen-bond acceptors (Lipinski definition) is 7. The van der Waals surface area contributed by atoms with E-state index in [0.717, 1.165) is 6.07 Å². The van der Waals surface area contributed by atoms with Crippen LogP contribution in [0.4, 0.5) is 11.4 Å². The van der Waals surface area contributed by atoms with Crippen LogP contribution in [0.5, 0.6) is 5.75 Å². The number of carboxylic acid groups (broad SMARTS) is 1. The van der Waals surface area contributed by atoms with Crippen LogP contribution < -0.4 is 5.11 Å². The van der Waals surface area contributed by atoms with E-state index >= 15 is 0 Å². The Morgan fingerprint density at radius 2 is 1.83 bits per heavy atom.